The van der Waals surface area contributed by atoms with Crippen molar-refractivity contribution in [3.63, 3.8) is 0 Å². The zero-order valence-electron chi connectivity index (χ0n) is 16.5. The van der Waals surface area contributed by atoms with Gasteiger partial charge in [0.15, 0.2) is 11.6 Å². The summed E-state index contributed by atoms with van der Waals surface area (Å²) in [6.07, 6.45) is 1.48. The van der Waals surface area contributed by atoms with Crippen LogP contribution in [0.2, 0.25) is 0 Å². The lowest BCUT2D eigenvalue weighted by molar-refractivity contribution is 0.407. The van der Waals surface area contributed by atoms with Crippen molar-refractivity contribution in [1.82, 2.24) is 9.55 Å². The molecule has 0 aliphatic rings. The van der Waals surface area contributed by atoms with Crippen LogP contribution in [-0.2, 0) is 5.54 Å². The van der Waals surface area contributed by atoms with Gasteiger partial charge in [-0.3, -0.25) is 0 Å². The van der Waals surface area contributed by atoms with Gasteiger partial charge in [-0.1, -0.05) is 27.7 Å². The van der Waals surface area contributed by atoms with Crippen LogP contribution < -0.4 is 0 Å². The van der Waals surface area contributed by atoms with E-state index in [2.05, 4.69) is 30.7 Å². The average molecular weight is 360 g/mol. The van der Waals surface area contributed by atoms with Crippen LogP contribution in [0.25, 0.3) is 11.0 Å². The molecule has 26 heavy (non-hydrogen) atoms. The maximum absolute atomic E-state index is 14.8. The highest BCUT2D eigenvalue weighted by molar-refractivity contribution is 5.88. The largest absolute Gasteiger partial charge is 0.300 e. The standard InChI is InChI=1S/C20H26F2N4/c1-8-13(10-19(2,3)4)24-18-25-16-14(21)9-12(11-23)15(22)17(16)26(18)20(5,6)7/h9H,8,10H2,1-7H3/b24-13+. The maximum Gasteiger partial charge on any atom is 0.231 e. The first-order valence-corrected chi connectivity index (χ1v) is 8.76. The molecule has 0 saturated carbocycles. The van der Waals surface area contributed by atoms with Crippen LogP contribution in [0.1, 0.15) is 66.9 Å². The zero-order valence-corrected chi connectivity index (χ0v) is 16.5. The van der Waals surface area contributed by atoms with Gasteiger partial charge in [0.25, 0.3) is 0 Å². The van der Waals surface area contributed by atoms with Crippen molar-refractivity contribution in [1.29, 1.82) is 5.26 Å². The summed E-state index contributed by atoms with van der Waals surface area (Å²) >= 11 is 0. The highest BCUT2D eigenvalue weighted by Crippen LogP contribution is 2.34. The second-order valence-electron chi connectivity index (χ2n) is 8.72. The van der Waals surface area contributed by atoms with Crippen LogP contribution in [0, 0.1) is 28.4 Å². The van der Waals surface area contributed by atoms with Crippen LogP contribution in [0.4, 0.5) is 14.7 Å². The van der Waals surface area contributed by atoms with Crippen LogP contribution in [0.3, 0.4) is 0 Å². The molecule has 0 aliphatic carbocycles. The lowest BCUT2D eigenvalue weighted by atomic mass is 9.89. The summed E-state index contributed by atoms with van der Waals surface area (Å²) in [6, 6.07) is 2.60. The molecule has 0 spiro atoms. The lowest BCUT2D eigenvalue weighted by Crippen LogP contribution is -2.22. The van der Waals surface area contributed by atoms with Crippen molar-refractivity contribution in [2.24, 2.45) is 10.4 Å². The molecule has 6 heteroatoms. The number of halogens is 2. The molecule has 0 fully saturated rings. The average Bonchev–Trinajstić information content (AvgIpc) is 2.88. The van der Waals surface area contributed by atoms with E-state index in [0.29, 0.717) is 0 Å². The van der Waals surface area contributed by atoms with Gasteiger partial charge in [0.1, 0.15) is 17.1 Å². The highest BCUT2D eigenvalue weighted by atomic mass is 19.1. The van der Waals surface area contributed by atoms with E-state index >= 15 is 0 Å². The van der Waals surface area contributed by atoms with Gasteiger partial charge in [-0.15, -0.1) is 0 Å². The van der Waals surface area contributed by atoms with E-state index in [1.54, 1.807) is 10.6 Å². The Morgan fingerprint density at radius 2 is 1.85 bits per heavy atom. The Labute approximate surface area is 153 Å². The van der Waals surface area contributed by atoms with Crippen molar-refractivity contribution in [3.8, 4) is 6.07 Å². The Balaban J connectivity index is 2.85. The molecular weight excluding hydrogens is 334 g/mol. The lowest BCUT2D eigenvalue weighted by Gasteiger charge is -2.24. The molecule has 1 aromatic carbocycles. The molecule has 0 bridgehead atoms. The monoisotopic (exact) mass is 360 g/mol. The molecule has 140 valence electrons. The maximum atomic E-state index is 14.8. The number of benzene rings is 1. The second kappa shape index (κ2) is 6.79. The number of aliphatic imine (C=N–C) groups is 1. The third-order valence-electron chi connectivity index (χ3n) is 3.99. The number of imidazole rings is 1. The van der Waals surface area contributed by atoms with Gasteiger partial charge in [-0.2, -0.15) is 5.26 Å². The van der Waals surface area contributed by atoms with Crippen molar-refractivity contribution in [3.05, 3.63) is 23.3 Å². The minimum Gasteiger partial charge on any atom is -0.300 e. The Hall–Kier alpha value is -2.29. The predicted octanol–water partition coefficient (Wildman–Crippen LogP) is 5.86. The fourth-order valence-corrected chi connectivity index (χ4v) is 2.95. The summed E-state index contributed by atoms with van der Waals surface area (Å²) < 4.78 is 30.9. The van der Waals surface area contributed by atoms with Gasteiger partial charge in [-0.25, -0.2) is 18.8 Å². The second-order valence-corrected chi connectivity index (χ2v) is 8.72. The molecule has 1 heterocycles. The summed E-state index contributed by atoms with van der Waals surface area (Å²) in [5.41, 5.74) is -0.0747. The molecular formula is C20H26F2N4. The molecule has 0 aliphatic heterocycles. The van der Waals surface area contributed by atoms with Crippen molar-refractivity contribution in [2.75, 3.05) is 0 Å². The molecule has 0 amide bonds. The van der Waals surface area contributed by atoms with Crippen LogP contribution >= 0.6 is 0 Å². The van der Waals surface area contributed by atoms with Gasteiger partial charge >= 0.3 is 0 Å². The molecule has 1 aromatic heterocycles. The smallest absolute Gasteiger partial charge is 0.231 e. The van der Waals surface area contributed by atoms with E-state index in [-0.39, 0.29) is 28.0 Å². The van der Waals surface area contributed by atoms with E-state index in [9.17, 15) is 8.78 Å². The first kappa shape index (κ1) is 20.0. The van der Waals surface area contributed by atoms with Crippen LogP contribution in [0.5, 0.6) is 0 Å². The molecule has 0 unspecified atom stereocenters. The molecule has 0 N–H and O–H groups in total. The van der Waals surface area contributed by atoms with Gasteiger partial charge in [0, 0.05) is 11.3 Å². The van der Waals surface area contributed by atoms with Gasteiger partial charge in [0.2, 0.25) is 5.95 Å². The van der Waals surface area contributed by atoms with Gasteiger partial charge in [-0.05, 0) is 45.1 Å². The molecule has 2 rings (SSSR count). The molecule has 4 nitrogen and oxygen atoms in total. The topological polar surface area (TPSA) is 54.0 Å². The first-order chi connectivity index (χ1) is 11.9. The summed E-state index contributed by atoms with van der Waals surface area (Å²) in [7, 11) is 0. The number of hydrogen-bond donors (Lipinski definition) is 0. The number of fused-ring (bicyclic) bond motifs is 1. The number of nitriles is 1. The fourth-order valence-electron chi connectivity index (χ4n) is 2.95. The van der Waals surface area contributed by atoms with E-state index in [1.807, 2.05) is 27.7 Å². The van der Waals surface area contributed by atoms with Crippen molar-refractivity contribution >= 4 is 22.7 Å². The third kappa shape index (κ3) is 3.92. The molecule has 0 radical (unpaired) electrons. The van der Waals surface area contributed by atoms with E-state index in [4.69, 9.17) is 5.26 Å². The predicted molar refractivity (Wildman–Crippen MR) is 101 cm³/mol. The molecule has 2 aromatic rings. The third-order valence-corrected chi connectivity index (χ3v) is 3.99. The Kier molecular flexibility index (Phi) is 5.23. The van der Waals surface area contributed by atoms with Gasteiger partial charge < -0.3 is 4.57 Å². The summed E-state index contributed by atoms with van der Waals surface area (Å²) in [6.45, 7) is 14.0. The van der Waals surface area contributed by atoms with Gasteiger partial charge in [0.05, 0.1) is 5.56 Å². The number of hydrogen-bond acceptors (Lipinski definition) is 3. The first-order valence-electron chi connectivity index (χ1n) is 8.76. The van der Waals surface area contributed by atoms with Crippen LogP contribution in [0.15, 0.2) is 11.1 Å². The van der Waals surface area contributed by atoms with E-state index in [1.165, 1.54) is 0 Å². The van der Waals surface area contributed by atoms with E-state index in [0.717, 1.165) is 24.6 Å². The molecule has 0 saturated heterocycles. The SMILES string of the molecule is CC/C(CC(C)(C)C)=N\c1nc2c(F)cc(C#N)c(F)c2n1C(C)(C)C. The molecule has 0 atom stereocenters. The normalized spacial score (nSPS) is 13.3. The highest BCUT2D eigenvalue weighted by Gasteiger charge is 2.27. The summed E-state index contributed by atoms with van der Waals surface area (Å²) in [5.74, 6) is -1.21. The minimum atomic E-state index is -0.762. The minimum absolute atomic E-state index is 0.0148. The number of aromatic nitrogens is 2. The number of nitrogens with zero attached hydrogens (tertiary/aromatic N) is 4. The summed E-state index contributed by atoms with van der Waals surface area (Å²) in [5, 5.41) is 9.10. The Morgan fingerprint density at radius 3 is 2.31 bits per heavy atom. The summed E-state index contributed by atoms with van der Waals surface area (Å²) in [4.78, 5) is 8.94. The Morgan fingerprint density at radius 1 is 1.23 bits per heavy atom. The fraction of sp³-hybridized carbons (Fsp3) is 0.550. The number of rotatable bonds is 3. The zero-order chi connectivity index (χ0) is 19.9. The quantitative estimate of drug-likeness (QED) is 0.644. The van der Waals surface area contributed by atoms with E-state index < -0.39 is 17.2 Å². The Bertz CT molecular complexity index is 903. The van der Waals surface area contributed by atoms with Crippen molar-refractivity contribution < 1.29 is 8.78 Å². The van der Waals surface area contributed by atoms with Crippen LogP contribution in [-0.4, -0.2) is 15.3 Å². The van der Waals surface area contributed by atoms with Crippen molar-refractivity contribution in [2.45, 2.75) is 66.8 Å².